The number of sulfonamides is 1. The van der Waals surface area contributed by atoms with Crippen molar-refractivity contribution in [2.45, 2.75) is 23.5 Å². The van der Waals surface area contributed by atoms with Crippen LogP contribution in [0.5, 0.6) is 0 Å². The minimum Gasteiger partial charge on any atom is -0.381 e. The number of anilines is 1. The summed E-state index contributed by atoms with van der Waals surface area (Å²) in [6, 6.07) is 0. The van der Waals surface area contributed by atoms with Gasteiger partial charge in [-0.15, -0.1) is 0 Å². The van der Waals surface area contributed by atoms with Crippen molar-refractivity contribution in [2.24, 2.45) is 7.05 Å². The summed E-state index contributed by atoms with van der Waals surface area (Å²) in [6.07, 6.45) is 3.44. The van der Waals surface area contributed by atoms with Crippen LogP contribution in [0.3, 0.4) is 0 Å². The predicted octanol–water partition coefficient (Wildman–Crippen LogP) is -0.562. The van der Waals surface area contributed by atoms with E-state index >= 15 is 0 Å². The Morgan fingerprint density at radius 2 is 2.22 bits per heavy atom. The molecule has 0 saturated carbocycles. The van der Waals surface area contributed by atoms with Crippen molar-refractivity contribution < 1.29 is 12.6 Å². The molecule has 0 aromatic carbocycles. The number of rotatable bonds is 6. The molecule has 3 N–H and O–H groups in total. The van der Waals surface area contributed by atoms with Gasteiger partial charge in [-0.3, -0.25) is 8.89 Å². The summed E-state index contributed by atoms with van der Waals surface area (Å²) >= 11 is 0. The van der Waals surface area contributed by atoms with Gasteiger partial charge in [-0.1, -0.05) is 6.92 Å². The van der Waals surface area contributed by atoms with E-state index in [-0.39, 0.29) is 22.5 Å². The molecule has 1 aromatic rings. The molecule has 0 aliphatic heterocycles. The average molecular weight is 294 g/mol. The second kappa shape index (κ2) is 5.81. The summed E-state index contributed by atoms with van der Waals surface area (Å²) < 4.78 is 38.7. The molecule has 1 rings (SSSR count). The van der Waals surface area contributed by atoms with E-state index in [1.165, 1.54) is 10.9 Å². The summed E-state index contributed by atoms with van der Waals surface area (Å²) in [7, 11) is -3.01. The molecular formula is C9H18N4O3S2. The van der Waals surface area contributed by atoms with Gasteiger partial charge in [0.2, 0.25) is 10.0 Å². The number of nitrogens with one attached hydrogen (secondary N) is 1. The zero-order valence-corrected chi connectivity index (χ0v) is 12.2. The van der Waals surface area contributed by atoms with E-state index in [9.17, 15) is 12.6 Å². The van der Waals surface area contributed by atoms with E-state index in [0.717, 1.165) is 0 Å². The quantitative estimate of drug-likeness (QED) is 0.731. The molecule has 0 amide bonds. The highest BCUT2D eigenvalue weighted by Gasteiger charge is 2.20. The van der Waals surface area contributed by atoms with E-state index in [4.69, 9.17) is 5.73 Å². The number of nitrogens with zero attached hydrogens (tertiary/aromatic N) is 2. The zero-order chi connectivity index (χ0) is 13.9. The van der Waals surface area contributed by atoms with Gasteiger partial charge < -0.3 is 5.73 Å². The predicted molar refractivity (Wildman–Crippen MR) is 71.0 cm³/mol. The summed E-state index contributed by atoms with van der Waals surface area (Å²) in [6.45, 7) is 2.03. The molecule has 104 valence electrons. The molecule has 0 bridgehead atoms. The van der Waals surface area contributed by atoms with Crippen molar-refractivity contribution in [3.63, 3.8) is 0 Å². The SMILES string of the molecule is CC(CCNS(=O)(=O)c1cn(C)nc1N)S(C)=O. The molecule has 7 nitrogen and oxygen atoms in total. The smallest absolute Gasteiger partial charge is 0.245 e. The van der Waals surface area contributed by atoms with E-state index in [1.807, 2.05) is 6.92 Å². The van der Waals surface area contributed by atoms with Crippen molar-refractivity contribution >= 4 is 26.6 Å². The standard InChI is InChI=1S/C9H18N4O3S2/c1-7(17(3)14)4-5-11-18(15,16)8-6-13(2)12-9(8)10/h6-7,11H,4-5H2,1-3H3,(H2,10,12). The zero-order valence-electron chi connectivity index (χ0n) is 10.6. The molecular weight excluding hydrogens is 276 g/mol. The van der Waals surface area contributed by atoms with Crippen molar-refractivity contribution in [3.8, 4) is 0 Å². The molecule has 0 fully saturated rings. The lowest BCUT2D eigenvalue weighted by atomic mass is 10.3. The van der Waals surface area contributed by atoms with Gasteiger partial charge in [-0.2, -0.15) is 5.10 Å². The minimum atomic E-state index is -3.65. The molecule has 1 heterocycles. The number of nitrogen functional groups attached to an aromatic ring is 1. The van der Waals surface area contributed by atoms with Gasteiger partial charge in [-0.05, 0) is 6.42 Å². The van der Waals surface area contributed by atoms with E-state index in [0.29, 0.717) is 6.42 Å². The van der Waals surface area contributed by atoms with Gasteiger partial charge in [0.1, 0.15) is 4.90 Å². The lowest BCUT2D eigenvalue weighted by Gasteiger charge is -2.09. The Morgan fingerprint density at radius 1 is 1.61 bits per heavy atom. The fourth-order valence-electron chi connectivity index (χ4n) is 1.33. The highest BCUT2D eigenvalue weighted by molar-refractivity contribution is 7.89. The van der Waals surface area contributed by atoms with Gasteiger partial charge >= 0.3 is 0 Å². The maximum absolute atomic E-state index is 11.9. The molecule has 9 heteroatoms. The molecule has 1 aromatic heterocycles. The lowest BCUT2D eigenvalue weighted by Crippen LogP contribution is -2.28. The number of hydrogen-bond donors (Lipinski definition) is 2. The van der Waals surface area contributed by atoms with Crippen molar-refractivity contribution in [2.75, 3.05) is 18.5 Å². The summed E-state index contributed by atoms with van der Waals surface area (Å²) in [5, 5.41) is 3.72. The van der Waals surface area contributed by atoms with Crippen molar-refractivity contribution in [3.05, 3.63) is 6.20 Å². The highest BCUT2D eigenvalue weighted by Crippen LogP contribution is 2.15. The lowest BCUT2D eigenvalue weighted by molar-refractivity contribution is 0.578. The van der Waals surface area contributed by atoms with Gasteiger partial charge in [0.05, 0.1) is 0 Å². The molecule has 2 atom stereocenters. The highest BCUT2D eigenvalue weighted by atomic mass is 32.2. The molecule has 2 unspecified atom stereocenters. The maximum atomic E-state index is 11.9. The third kappa shape index (κ3) is 3.79. The van der Waals surface area contributed by atoms with Gasteiger partial charge in [0, 0.05) is 42.1 Å². The first-order valence-electron chi connectivity index (χ1n) is 5.35. The van der Waals surface area contributed by atoms with E-state index in [2.05, 4.69) is 9.82 Å². The monoisotopic (exact) mass is 294 g/mol. The van der Waals surface area contributed by atoms with Crippen LogP contribution >= 0.6 is 0 Å². The van der Waals surface area contributed by atoms with Crippen LogP contribution in [0.2, 0.25) is 0 Å². The topological polar surface area (TPSA) is 107 Å². The molecule has 0 aliphatic rings. The second-order valence-electron chi connectivity index (χ2n) is 4.05. The third-order valence-corrected chi connectivity index (χ3v) is 5.37. The molecule has 18 heavy (non-hydrogen) atoms. The van der Waals surface area contributed by atoms with Crippen LogP contribution in [-0.4, -0.2) is 40.5 Å². The minimum absolute atomic E-state index is 0.0304. The average Bonchev–Trinajstić information content (AvgIpc) is 2.58. The maximum Gasteiger partial charge on any atom is 0.245 e. The first-order chi connectivity index (χ1) is 8.24. The van der Waals surface area contributed by atoms with Crippen LogP contribution in [0.4, 0.5) is 5.82 Å². The number of nitrogens with two attached hydrogens (primary N) is 1. The van der Waals surface area contributed by atoms with E-state index < -0.39 is 20.8 Å². The molecule has 0 saturated heterocycles. The normalized spacial score (nSPS) is 15.5. The Hall–Kier alpha value is -0.930. The van der Waals surface area contributed by atoms with Crippen LogP contribution in [0.25, 0.3) is 0 Å². The third-order valence-electron chi connectivity index (χ3n) is 2.52. The molecule has 0 spiro atoms. The molecule has 0 radical (unpaired) electrons. The van der Waals surface area contributed by atoms with E-state index in [1.54, 1.807) is 13.3 Å². The largest absolute Gasteiger partial charge is 0.381 e. The first kappa shape index (κ1) is 15.1. The van der Waals surface area contributed by atoms with Crippen molar-refractivity contribution in [1.82, 2.24) is 14.5 Å². The summed E-state index contributed by atoms with van der Waals surface area (Å²) in [4.78, 5) is -0.0322. The Balaban J connectivity index is 2.66. The Labute approximate surface area is 109 Å². The number of aryl methyl sites for hydroxylation is 1. The van der Waals surface area contributed by atoms with Crippen LogP contribution in [0, 0.1) is 0 Å². The Morgan fingerprint density at radius 3 is 2.67 bits per heavy atom. The van der Waals surface area contributed by atoms with Crippen LogP contribution in [-0.2, 0) is 27.9 Å². The summed E-state index contributed by atoms with van der Waals surface area (Å²) in [5.74, 6) is -0.0304. The summed E-state index contributed by atoms with van der Waals surface area (Å²) in [5.41, 5.74) is 5.51. The van der Waals surface area contributed by atoms with Crippen LogP contribution in [0.15, 0.2) is 11.1 Å². The van der Waals surface area contributed by atoms with Gasteiger partial charge in [0.15, 0.2) is 5.82 Å². The Bertz CT molecular complexity index is 538. The number of hydrogen-bond acceptors (Lipinski definition) is 5. The number of aromatic nitrogens is 2. The Kier molecular flexibility index (Phi) is 4.88. The second-order valence-corrected chi connectivity index (χ2v) is 7.59. The first-order valence-corrected chi connectivity index (χ1v) is 8.45. The fourth-order valence-corrected chi connectivity index (χ4v) is 2.93. The van der Waals surface area contributed by atoms with Gasteiger partial charge in [-0.25, -0.2) is 13.1 Å². The molecule has 0 aliphatic carbocycles. The fraction of sp³-hybridized carbons (Fsp3) is 0.667. The van der Waals surface area contributed by atoms with Gasteiger partial charge in [0.25, 0.3) is 0 Å². The van der Waals surface area contributed by atoms with Crippen LogP contribution in [0.1, 0.15) is 13.3 Å². The van der Waals surface area contributed by atoms with Crippen molar-refractivity contribution in [1.29, 1.82) is 0 Å². The van der Waals surface area contributed by atoms with Crippen LogP contribution < -0.4 is 10.5 Å².